The molecule has 4 rings (SSSR count). The predicted octanol–water partition coefficient (Wildman–Crippen LogP) is 4.39. The molecule has 3 aromatic rings. The van der Waals surface area contributed by atoms with Gasteiger partial charge in [0.15, 0.2) is 0 Å². The zero-order valence-corrected chi connectivity index (χ0v) is 20.4. The number of aromatic nitrogens is 2. The van der Waals surface area contributed by atoms with E-state index in [-0.39, 0.29) is 0 Å². The van der Waals surface area contributed by atoms with E-state index in [0.29, 0.717) is 0 Å². The molecule has 0 unspecified atom stereocenters. The van der Waals surface area contributed by atoms with Crippen LogP contribution in [0, 0.1) is 32.6 Å². The van der Waals surface area contributed by atoms with Crippen molar-refractivity contribution >= 4 is 16.9 Å². The molecule has 2 heterocycles. The minimum absolute atomic E-state index is 0.847. The minimum Gasteiger partial charge on any atom is -0.378 e. The highest BCUT2D eigenvalue weighted by Crippen LogP contribution is 2.23. The molecule has 1 aromatic heterocycles. The van der Waals surface area contributed by atoms with Crippen molar-refractivity contribution in [1.29, 1.82) is 0 Å². The third-order valence-corrected chi connectivity index (χ3v) is 6.23. The number of hydrogen-bond donors (Lipinski definition) is 1. The van der Waals surface area contributed by atoms with Crippen molar-refractivity contribution in [2.45, 2.75) is 53.2 Å². The van der Waals surface area contributed by atoms with Gasteiger partial charge in [0, 0.05) is 43.7 Å². The van der Waals surface area contributed by atoms with Gasteiger partial charge in [-0.1, -0.05) is 24.0 Å². The number of anilines is 1. The second-order valence-electron chi connectivity index (χ2n) is 9.69. The maximum Gasteiger partial charge on any atom is 0.226 e. The van der Waals surface area contributed by atoms with Crippen LogP contribution in [0.2, 0.25) is 0 Å². The summed E-state index contributed by atoms with van der Waals surface area (Å²) in [5, 5.41) is 10.9. The van der Waals surface area contributed by atoms with Crippen LogP contribution in [0.5, 0.6) is 0 Å². The quantitative estimate of drug-likeness (QED) is 0.610. The second-order valence-corrected chi connectivity index (χ2v) is 9.69. The first kappa shape index (κ1) is 23.2. The average Bonchev–Trinajstić information content (AvgIpc) is 3.00. The van der Waals surface area contributed by atoms with Crippen molar-refractivity contribution in [3.8, 4) is 11.8 Å². The van der Waals surface area contributed by atoms with Gasteiger partial charge in [0.25, 0.3) is 0 Å². The maximum atomic E-state index is 9.78. The van der Waals surface area contributed by atoms with E-state index in [2.05, 4.69) is 66.7 Å². The summed E-state index contributed by atoms with van der Waals surface area (Å²) in [4.78, 5) is 14.6. The highest BCUT2D eigenvalue weighted by molar-refractivity contribution is 5.83. The largest absolute Gasteiger partial charge is 0.378 e. The van der Waals surface area contributed by atoms with Crippen molar-refractivity contribution in [3.05, 3.63) is 64.3 Å². The lowest BCUT2D eigenvalue weighted by Crippen LogP contribution is -2.31. The molecule has 1 N–H and O–H groups in total. The zero-order chi connectivity index (χ0) is 23.6. The number of aryl methyl sites for hydroxylation is 3. The Hall–Kier alpha value is -2.94. The Bertz CT molecular complexity index is 1200. The first-order chi connectivity index (χ1) is 15.7. The SMILES string of the molecule is Cc1cc2nc(N3CCCN(Cc4ccc(C#CC(C)(C)O)cc4)CC3)nc(C)c2cc1C. The van der Waals surface area contributed by atoms with Crippen LogP contribution in [0.4, 0.5) is 5.95 Å². The van der Waals surface area contributed by atoms with Crippen LogP contribution in [-0.4, -0.2) is 51.8 Å². The van der Waals surface area contributed by atoms with Gasteiger partial charge >= 0.3 is 0 Å². The Labute approximate surface area is 197 Å². The molecule has 1 aliphatic rings. The summed E-state index contributed by atoms with van der Waals surface area (Å²) in [6.07, 6.45) is 1.09. The molecule has 0 amide bonds. The van der Waals surface area contributed by atoms with E-state index in [1.807, 2.05) is 12.1 Å². The summed E-state index contributed by atoms with van der Waals surface area (Å²) < 4.78 is 0. The topological polar surface area (TPSA) is 52.5 Å². The van der Waals surface area contributed by atoms with Crippen LogP contribution in [0.3, 0.4) is 0 Å². The van der Waals surface area contributed by atoms with Crippen LogP contribution in [0.15, 0.2) is 36.4 Å². The molecule has 0 atom stereocenters. The van der Waals surface area contributed by atoms with Gasteiger partial charge in [-0.15, -0.1) is 0 Å². The summed E-state index contributed by atoms with van der Waals surface area (Å²) in [5.41, 5.74) is 5.87. The van der Waals surface area contributed by atoms with Crippen molar-refractivity contribution in [2.24, 2.45) is 0 Å². The average molecular weight is 443 g/mol. The molecule has 5 nitrogen and oxygen atoms in total. The monoisotopic (exact) mass is 442 g/mol. The molecule has 0 bridgehead atoms. The van der Waals surface area contributed by atoms with Gasteiger partial charge in [-0.3, -0.25) is 4.90 Å². The second kappa shape index (κ2) is 9.51. The van der Waals surface area contributed by atoms with Crippen LogP contribution < -0.4 is 4.90 Å². The molecular weight excluding hydrogens is 408 g/mol. The summed E-state index contributed by atoms with van der Waals surface area (Å²) in [6.45, 7) is 14.6. The molecule has 172 valence electrons. The Morgan fingerprint density at radius 1 is 0.939 bits per heavy atom. The highest BCUT2D eigenvalue weighted by Gasteiger charge is 2.18. The molecule has 1 aliphatic heterocycles. The molecule has 1 saturated heterocycles. The molecule has 2 aromatic carbocycles. The Kier molecular flexibility index (Phi) is 6.69. The zero-order valence-electron chi connectivity index (χ0n) is 20.4. The van der Waals surface area contributed by atoms with Crippen LogP contribution >= 0.6 is 0 Å². The Morgan fingerprint density at radius 3 is 2.39 bits per heavy atom. The van der Waals surface area contributed by atoms with Crippen molar-refractivity contribution in [3.63, 3.8) is 0 Å². The van der Waals surface area contributed by atoms with Gasteiger partial charge in [-0.05, 0) is 82.0 Å². The van der Waals surface area contributed by atoms with E-state index >= 15 is 0 Å². The number of rotatable bonds is 3. The van der Waals surface area contributed by atoms with Crippen LogP contribution in [0.25, 0.3) is 10.9 Å². The molecule has 33 heavy (non-hydrogen) atoms. The minimum atomic E-state index is -0.971. The number of nitrogens with zero attached hydrogens (tertiary/aromatic N) is 4. The van der Waals surface area contributed by atoms with Gasteiger partial charge in [0.1, 0.15) is 5.60 Å². The van der Waals surface area contributed by atoms with Gasteiger partial charge in [0.05, 0.1) is 11.2 Å². The lowest BCUT2D eigenvalue weighted by molar-refractivity contribution is 0.143. The number of hydrogen-bond acceptors (Lipinski definition) is 5. The van der Waals surface area contributed by atoms with E-state index in [1.54, 1.807) is 13.8 Å². The third kappa shape index (κ3) is 5.90. The molecule has 0 aliphatic carbocycles. The lowest BCUT2D eigenvalue weighted by Gasteiger charge is -2.23. The molecule has 1 fully saturated rings. The molecule has 0 saturated carbocycles. The number of benzene rings is 2. The summed E-state index contributed by atoms with van der Waals surface area (Å²) >= 11 is 0. The molecular formula is C28H34N4O. The molecule has 0 radical (unpaired) electrons. The predicted molar refractivity (Wildman–Crippen MR) is 135 cm³/mol. The first-order valence-corrected chi connectivity index (χ1v) is 11.8. The van der Waals surface area contributed by atoms with E-state index in [4.69, 9.17) is 9.97 Å². The van der Waals surface area contributed by atoms with Crippen LogP contribution in [0.1, 0.15) is 48.2 Å². The summed E-state index contributed by atoms with van der Waals surface area (Å²) in [6, 6.07) is 12.7. The van der Waals surface area contributed by atoms with Gasteiger partial charge in [-0.25, -0.2) is 9.97 Å². The van der Waals surface area contributed by atoms with E-state index < -0.39 is 5.60 Å². The van der Waals surface area contributed by atoms with Crippen LogP contribution in [-0.2, 0) is 6.54 Å². The number of fused-ring (bicyclic) bond motifs is 1. The summed E-state index contributed by atoms with van der Waals surface area (Å²) in [5.74, 6) is 6.75. The van der Waals surface area contributed by atoms with Gasteiger partial charge < -0.3 is 10.0 Å². The van der Waals surface area contributed by atoms with Crippen molar-refractivity contribution in [1.82, 2.24) is 14.9 Å². The Balaban J connectivity index is 1.42. The third-order valence-electron chi connectivity index (χ3n) is 6.23. The van der Waals surface area contributed by atoms with E-state index in [9.17, 15) is 5.11 Å². The fourth-order valence-electron chi connectivity index (χ4n) is 4.17. The normalized spacial score (nSPS) is 15.3. The fraction of sp³-hybridized carbons (Fsp3) is 0.429. The Morgan fingerprint density at radius 2 is 1.67 bits per heavy atom. The maximum absolute atomic E-state index is 9.78. The van der Waals surface area contributed by atoms with E-state index in [0.717, 1.165) is 67.3 Å². The van der Waals surface area contributed by atoms with Gasteiger partial charge in [0.2, 0.25) is 5.95 Å². The fourth-order valence-corrected chi connectivity index (χ4v) is 4.17. The lowest BCUT2D eigenvalue weighted by atomic mass is 10.1. The standard InChI is InChI=1S/C28H34N4O/c1-20-17-25-22(3)29-27(30-26(25)18-21(20)2)32-14-6-13-31(15-16-32)19-24-9-7-23(8-10-24)11-12-28(4,5)33/h7-10,17-18,33H,6,13-16,19H2,1-5H3. The first-order valence-electron chi connectivity index (χ1n) is 11.8. The van der Waals surface area contributed by atoms with Gasteiger partial charge in [-0.2, -0.15) is 0 Å². The smallest absolute Gasteiger partial charge is 0.226 e. The van der Waals surface area contributed by atoms with E-state index in [1.165, 1.54) is 16.7 Å². The number of aliphatic hydroxyl groups is 1. The molecule has 5 heteroatoms. The molecule has 0 spiro atoms. The van der Waals surface area contributed by atoms with Crippen molar-refractivity contribution < 1.29 is 5.11 Å². The van der Waals surface area contributed by atoms with Crippen molar-refractivity contribution in [2.75, 3.05) is 31.1 Å². The summed E-state index contributed by atoms with van der Waals surface area (Å²) in [7, 11) is 0. The highest BCUT2D eigenvalue weighted by atomic mass is 16.3.